The molecule has 0 aromatic carbocycles. The Morgan fingerprint density at radius 3 is 2.22 bits per heavy atom. The Balaban J connectivity index is 4.29. The van der Waals surface area contributed by atoms with Crippen molar-refractivity contribution < 1.29 is 9.59 Å². The van der Waals surface area contributed by atoms with E-state index in [4.69, 9.17) is 5.73 Å². The van der Waals surface area contributed by atoms with Crippen LogP contribution in [-0.2, 0) is 9.59 Å². The van der Waals surface area contributed by atoms with Crippen LogP contribution in [0.3, 0.4) is 0 Å². The lowest BCUT2D eigenvalue weighted by molar-refractivity contribution is -0.130. The van der Waals surface area contributed by atoms with E-state index < -0.39 is 6.04 Å². The van der Waals surface area contributed by atoms with Crippen LogP contribution in [0.15, 0.2) is 0 Å². The summed E-state index contributed by atoms with van der Waals surface area (Å²) >= 11 is 0. The van der Waals surface area contributed by atoms with Gasteiger partial charge in [0, 0.05) is 13.0 Å². The second-order valence-electron chi connectivity index (χ2n) is 5.32. The molecular weight excluding hydrogens is 230 g/mol. The Morgan fingerprint density at radius 1 is 1.17 bits per heavy atom. The molecule has 0 fully saturated rings. The lowest BCUT2D eigenvalue weighted by Crippen LogP contribution is -2.50. The minimum absolute atomic E-state index is 0.0685. The minimum atomic E-state index is -0.464. The highest BCUT2D eigenvalue weighted by Gasteiger charge is 2.23. The van der Waals surface area contributed by atoms with Gasteiger partial charge in [-0.15, -0.1) is 0 Å². The average molecular weight is 257 g/mol. The zero-order valence-electron chi connectivity index (χ0n) is 12.0. The van der Waals surface area contributed by atoms with Gasteiger partial charge in [-0.25, -0.2) is 0 Å². The lowest BCUT2D eigenvalue weighted by atomic mass is 10.0. The maximum atomic E-state index is 11.9. The normalized spacial score (nSPS) is 12.6. The van der Waals surface area contributed by atoms with Crippen LogP contribution < -0.4 is 16.4 Å². The summed E-state index contributed by atoms with van der Waals surface area (Å²) in [7, 11) is 0. The first kappa shape index (κ1) is 16.9. The van der Waals surface area contributed by atoms with Crippen molar-refractivity contribution in [1.29, 1.82) is 0 Å². The summed E-state index contributed by atoms with van der Waals surface area (Å²) in [6.45, 7) is 8.90. The van der Waals surface area contributed by atoms with Gasteiger partial charge < -0.3 is 16.4 Å². The Bertz CT molecular complexity index is 265. The van der Waals surface area contributed by atoms with Gasteiger partial charge in [0.2, 0.25) is 11.8 Å². The van der Waals surface area contributed by atoms with Crippen molar-refractivity contribution in [1.82, 2.24) is 10.6 Å². The minimum Gasteiger partial charge on any atom is -0.354 e. The predicted octanol–water partition coefficient (Wildman–Crippen LogP) is 0.638. The Morgan fingerprint density at radius 2 is 1.78 bits per heavy atom. The lowest BCUT2D eigenvalue weighted by Gasteiger charge is -2.22. The molecule has 0 rings (SSSR count). The first-order valence-corrected chi connectivity index (χ1v) is 6.65. The molecule has 1 unspecified atom stereocenters. The van der Waals surface area contributed by atoms with E-state index in [1.54, 1.807) is 0 Å². The van der Waals surface area contributed by atoms with Crippen molar-refractivity contribution in [2.45, 2.75) is 46.6 Å². The molecule has 106 valence electrons. The van der Waals surface area contributed by atoms with Crippen molar-refractivity contribution in [3.63, 3.8) is 0 Å². The van der Waals surface area contributed by atoms with E-state index in [9.17, 15) is 9.59 Å². The molecule has 0 radical (unpaired) electrons. The summed E-state index contributed by atoms with van der Waals surface area (Å²) in [5.74, 6) is 0.158. The maximum Gasteiger partial charge on any atom is 0.242 e. The SMILES string of the molecule is CC(C)CC(=O)NC(C(=O)NCCCN)C(C)C. The molecule has 0 bridgehead atoms. The van der Waals surface area contributed by atoms with Crippen LogP contribution in [0, 0.1) is 11.8 Å². The number of nitrogens with one attached hydrogen (secondary N) is 2. The van der Waals surface area contributed by atoms with Gasteiger partial charge in [0.1, 0.15) is 6.04 Å². The van der Waals surface area contributed by atoms with Crippen LogP contribution in [0.2, 0.25) is 0 Å². The van der Waals surface area contributed by atoms with Crippen LogP contribution in [-0.4, -0.2) is 30.9 Å². The zero-order valence-corrected chi connectivity index (χ0v) is 12.0. The number of carbonyl (C=O) groups excluding carboxylic acids is 2. The van der Waals surface area contributed by atoms with Crippen molar-refractivity contribution in [2.24, 2.45) is 17.6 Å². The third-order valence-electron chi connectivity index (χ3n) is 2.54. The summed E-state index contributed by atoms with van der Waals surface area (Å²) in [5.41, 5.74) is 5.37. The number of amides is 2. The summed E-state index contributed by atoms with van der Waals surface area (Å²) in [4.78, 5) is 23.6. The summed E-state index contributed by atoms with van der Waals surface area (Å²) in [5, 5.41) is 5.58. The molecular formula is C13H27N3O2. The fourth-order valence-electron chi connectivity index (χ4n) is 1.56. The fraction of sp³-hybridized carbons (Fsp3) is 0.846. The Kier molecular flexibility index (Phi) is 8.37. The van der Waals surface area contributed by atoms with Crippen molar-refractivity contribution in [2.75, 3.05) is 13.1 Å². The highest BCUT2D eigenvalue weighted by atomic mass is 16.2. The number of nitrogens with two attached hydrogens (primary N) is 1. The molecule has 1 atom stereocenters. The van der Waals surface area contributed by atoms with E-state index in [0.717, 1.165) is 6.42 Å². The van der Waals surface area contributed by atoms with Gasteiger partial charge in [-0.2, -0.15) is 0 Å². The first-order chi connectivity index (χ1) is 8.38. The smallest absolute Gasteiger partial charge is 0.242 e. The number of carbonyl (C=O) groups is 2. The predicted molar refractivity (Wildman–Crippen MR) is 72.9 cm³/mol. The number of hydrogen-bond acceptors (Lipinski definition) is 3. The van der Waals surface area contributed by atoms with E-state index in [0.29, 0.717) is 19.5 Å². The Hall–Kier alpha value is -1.10. The van der Waals surface area contributed by atoms with Crippen LogP contribution in [0.25, 0.3) is 0 Å². The second-order valence-corrected chi connectivity index (χ2v) is 5.32. The van der Waals surface area contributed by atoms with Gasteiger partial charge in [-0.3, -0.25) is 9.59 Å². The summed E-state index contributed by atoms with van der Waals surface area (Å²) in [6, 6.07) is -0.464. The van der Waals surface area contributed by atoms with Gasteiger partial charge in [-0.1, -0.05) is 27.7 Å². The highest BCUT2D eigenvalue weighted by molar-refractivity contribution is 5.87. The maximum absolute atomic E-state index is 11.9. The van der Waals surface area contributed by atoms with Crippen LogP contribution in [0.4, 0.5) is 0 Å². The first-order valence-electron chi connectivity index (χ1n) is 6.65. The molecule has 0 aromatic heterocycles. The molecule has 2 amide bonds. The van der Waals surface area contributed by atoms with E-state index in [1.807, 2.05) is 27.7 Å². The largest absolute Gasteiger partial charge is 0.354 e. The molecule has 0 spiro atoms. The van der Waals surface area contributed by atoms with Gasteiger partial charge in [0.15, 0.2) is 0 Å². The summed E-state index contributed by atoms with van der Waals surface area (Å²) < 4.78 is 0. The van der Waals surface area contributed by atoms with Crippen LogP contribution >= 0.6 is 0 Å². The van der Waals surface area contributed by atoms with E-state index >= 15 is 0 Å². The molecule has 0 saturated heterocycles. The molecule has 0 aliphatic rings. The molecule has 0 aromatic rings. The fourth-order valence-corrected chi connectivity index (χ4v) is 1.56. The van der Waals surface area contributed by atoms with Crippen LogP contribution in [0.1, 0.15) is 40.5 Å². The van der Waals surface area contributed by atoms with Crippen molar-refractivity contribution in [3.05, 3.63) is 0 Å². The molecule has 5 heteroatoms. The summed E-state index contributed by atoms with van der Waals surface area (Å²) in [6.07, 6.45) is 1.19. The van der Waals surface area contributed by atoms with Crippen molar-refractivity contribution >= 4 is 11.8 Å². The molecule has 0 saturated carbocycles. The standard InChI is InChI=1S/C13H27N3O2/c1-9(2)8-11(17)16-12(10(3)4)13(18)15-7-5-6-14/h9-10,12H,5-8,14H2,1-4H3,(H,15,18)(H,16,17). The van der Waals surface area contributed by atoms with Gasteiger partial charge >= 0.3 is 0 Å². The Labute approximate surface area is 110 Å². The van der Waals surface area contributed by atoms with Gasteiger partial charge in [-0.05, 0) is 24.8 Å². The van der Waals surface area contributed by atoms with Gasteiger partial charge in [0.25, 0.3) is 0 Å². The van der Waals surface area contributed by atoms with E-state index in [1.165, 1.54) is 0 Å². The monoisotopic (exact) mass is 257 g/mol. The quantitative estimate of drug-likeness (QED) is 0.558. The van der Waals surface area contributed by atoms with E-state index in [-0.39, 0.29) is 23.7 Å². The van der Waals surface area contributed by atoms with Crippen molar-refractivity contribution in [3.8, 4) is 0 Å². The third-order valence-corrected chi connectivity index (χ3v) is 2.54. The molecule has 0 aliphatic carbocycles. The van der Waals surface area contributed by atoms with Crippen LogP contribution in [0.5, 0.6) is 0 Å². The highest BCUT2D eigenvalue weighted by Crippen LogP contribution is 2.05. The number of hydrogen-bond donors (Lipinski definition) is 3. The van der Waals surface area contributed by atoms with Gasteiger partial charge in [0.05, 0.1) is 0 Å². The second kappa shape index (κ2) is 8.91. The molecule has 0 heterocycles. The molecule has 4 N–H and O–H groups in total. The average Bonchev–Trinajstić information content (AvgIpc) is 2.24. The molecule has 5 nitrogen and oxygen atoms in total. The molecule has 18 heavy (non-hydrogen) atoms. The van der Waals surface area contributed by atoms with E-state index in [2.05, 4.69) is 10.6 Å². The third kappa shape index (κ3) is 7.27. The molecule has 0 aliphatic heterocycles. The number of rotatable bonds is 8. The topological polar surface area (TPSA) is 84.2 Å². The zero-order chi connectivity index (χ0) is 14.1.